The van der Waals surface area contributed by atoms with Gasteiger partial charge in [0.1, 0.15) is 33.7 Å². The lowest BCUT2D eigenvalue weighted by atomic mass is 10.0. The van der Waals surface area contributed by atoms with E-state index in [-0.39, 0.29) is 34.1 Å². The number of anilines is 1. The zero-order valence-electron chi connectivity index (χ0n) is 17.4. The second kappa shape index (κ2) is 10.3. The molecule has 1 heterocycles. The topological polar surface area (TPSA) is 109 Å². The Balaban J connectivity index is 1.97. The third-order valence-electron chi connectivity index (χ3n) is 4.48. The van der Waals surface area contributed by atoms with Crippen molar-refractivity contribution in [2.75, 3.05) is 19.0 Å². The number of nitrogens with zero attached hydrogens (tertiary/aromatic N) is 1. The van der Waals surface area contributed by atoms with Gasteiger partial charge >= 0.3 is 5.97 Å². The molecule has 3 rings (SSSR count). The Bertz CT molecular complexity index is 1210. The largest absolute Gasteiger partial charge is 0.507 e. The van der Waals surface area contributed by atoms with Gasteiger partial charge < -0.3 is 19.9 Å². The number of benzene rings is 2. The van der Waals surface area contributed by atoms with Crippen LogP contribution in [0, 0.1) is 11.3 Å². The van der Waals surface area contributed by atoms with Crippen LogP contribution >= 0.6 is 11.3 Å². The number of amides is 1. The molecule has 8 heteroatoms. The molecule has 0 aliphatic carbocycles. The van der Waals surface area contributed by atoms with E-state index < -0.39 is 11.9 Å². The normalized spacial score (nSPS) is 10.8. The lowest BCUT2D eigenvalue weighted by Crippen LogP contribution is -2.16. The lowest BCUT2D eigenvalue weighted by molar-refractivity contribution is -0.112. The van der Waals surface area contributed by atoms with E-state index >= 15 is 0 Å². The molecule has 0 aliphatic rings. The molecular weight excluding hydrogens is 428 g/mol. The molecule has 0 unspecified atom stereocenters. The Morgan fingerprint density at radius 3 is 2.62 bits per heavy atom. The SMILES string of the molecule is CCOC(=O)c1c(-c2ccccc2)csc1NC(=O)/C(C#N)=C\c1cc(OC)ccc1O. The third-order valence-corrected chi connectivity index (χ3v) is 5.38. The Labute approximate surface area is 189 Å². The van der Waals surface area contributed by atoms with Crippen molar-refractivity contribution >= 4 is 34.3 Å². The molecule has 2 aromatic carbocycles. The molecule has 0 saturated heterocycles. The minimum atomic E-state index is -0.721. The molecule has 0 radical (unpaired) electrons. The number of nitrogens with one attached hydrogen (secondary N) is 1. The molecule has 0 bridgehead atoms. The van der Waals surface area contributed by atoms with Gasteiger partial charge in [-0.2, -0.15) is 5.26 Å². The monoisotopic (exact) mass is 448 g/mol. The fourth-order valence-corrected chi connectivity index (χ4v) is 3.89. The van der Waals surface area contributed by atoms with Crippen molar-refractivity contribution in [2.45, 2.75) is 6.92 Å². The van der Waals surface area contributed by atoms with Gasteiger partial charge in [0.05, 0.1) is 13.7 Å². The first-order chi connectivity index (χ1) is 15.5. The van der Waals surface area contributed by atoms with Gasteiger partial charge in [-0.15, -0.1) is 11.3 Å². The smallest absolute Gasteiger partial charge is 0.341 e. The van der Waals surface area contributed by atoms with Crippen LogP contribution in [0.15, 0.2) is 59.5 Å². The van der Waals surface area contributed by atoms with Crippen LogP contribution in [0.25, 0.3) is 17.2 Å². The highest BCUT2D eigenvalue weighted by atomic mass is 32.1. The summed E-state index contributed by atoms with van der Waals surface area (Å²) in [5.41, 5.74) is 1.63. The van der Waals surface area contributed by atoms with Crippen molar-refractivity contribution in [3.05, 3.63) is 70.6 Å². The molecule has 0 aliphatic heterocycles. The fourth-order valence-electron chi connectivity index (χ4n) is 2.94. The van der Waals surface area contributed by atoms with Crippen molar-refractivity contribution in [3.63, 3.8) is 0 Å². The van der Waals surface area contributed by atoms with Crippen LogP contribution in [0.5, 0.6) is 11.5 Å². The van der Waals surface area contributed by atoms with Crippen molar-refractivity contribution < 1.29 is 24.2 Å². The summed E-state index contributed by atoms with van der Waals surface area (Å²) in [6.07, 6.45) is 1.25. The van der Waals surface area contributed by atoms with E-state index in [0.29, 0.717) is 11.3 Å². The number of hydrogen-bond acceptors (Lipinski definition) is 7. The van der Waals surface area contributed by atoms with Gasteiger partial charge in [-0.1, -0.05) is 30.3 Å². The number of ether oxygens (including phenoxy) is 2. The van der Waals surface area contributed by atoms with Gasteiger partial charge in [0, 0.05) is 16.5 Å². The van der Waals surface area contributed by atoms with Gasteiger partial charge in [-0.25, -0.2) is 4.79 Å². The second-order valence-corrected chi connectivity index (χ2v) is 7.37. The molecule has 2 N–H and O–H groups in total. The van der Waals surface area contributed by atoms with Crippen LogP contribution in [-0.2, 0) is 9.53 Å². The van der Waals surface area contributed by atoms with Crippen LogP contribution in [-0.4, -0.2) is 30.7 Å². The van der Waals surface area contributed by atoms with E-state index in [1.165, 1.54) is 25.3 Å². The van der Waals surface area contributed by atoms with Gasteiger partial charge in [-0.3, -0.25) is 4.79 Å². The number of nitriles is 1. The van der Waals surface area contributed by atoms with Gasteiger partial charge in [-0.05, 0) is 36.8 Å². The molecule has 0 saturated carbocycles. The highest BCUT2D eigenvalue weighted by Gasteiger charge is 2.23. The maximum Gasteiger partial charge on any atom is 0.341 e. The van der Waals surface area contributed by atoms with E-state index in [0.717, 1.165) is 16.9 Å². The third kappa shape index (κ3) is 4.96. The van der Waals surface area contributed by atoms with E-state index in [9.17, 15) is 20.0 Å². The van der Waals surface area contributed by atoms with Crippen LogP contribution in [0.3, 0.4) is 0 Å². The molecule has 0 fully saturated rings. The predicted molar refractivity (Wildman–Crippen MR) is 123 cm³/mol. The average molecular weight is 449 g/mol. The fraction of sp³-hybridized carbons (Fsp3) is 0.125. The number of aromatic hydroxyl groups is 1. The molecule has 7 nitrogen and oxygen atoms in total. The summed E-state index contributed by atoms with van der Waals surface area (Å²) in [7, 11) is 1.47. The number of thiophene rings is 1. The van der Waals surface area contributed by atoms with Crippen molar-refractivity contribution in [1.29, 1.82) is 5.26 Å². The Morgan fingerprint density at radius 2 is 1.97 bits per heavy atom. The van der Waals surface area contributed by atoms with E-state index in [1.54, 1.807) is 18.4 Å². The van der Waals surface area contributed by atoms with Crippen LogP contribution in [0.1, 0.15) is 22.8 Å². The minimum absolute atomic E-state index is 0.110. The standard InChI is InChI=1S/C24H20N2O5S/c1-3-31-24(29)21-19(15-7-5-4-6-8-15)14-32-23(21)26-22(28)17(13-25)11-16-12-18(30-2)9-10-20(16)27/h4-12,14,27H,3H2,1-2H3,(H,26,28)/b17-11-. The van der Waals surface area contributed by atoms with Gasteiger partial charge in [0.15, 0.2) is 0 Å². The molecule has 162 valence electrons. The first-order valence-electron chi connectivity index (χ1n) is 9.62. The molecule has 1 amide bonds. The number of phenolic OH excluding ortho intramolecular Hbond substituents is 1. The van der Waals surface area contributed by atoms with Gasteiger partial charge in [0.25, 0.3) is 5.91 Å². The number of phenols is 1. The Morgan fingerprint density at radius 1 is 1.22 bits per heavy atom. The molecule has 1 aromatic heterocycles. The molecule has 32 heavy (non-hydrogen) atoms. The average Bonchev–Trinajstić information content (AvgIpc) is 3.22. The maximum atomic E-state index is 12.8. The maximum absolute atomic E-state index is 12.8. The zero-order chi connectivity index (χ0) is 23.1. The highest BCUT2D eigenvalue weighted by Crippen LogP contribution is 2.36. The van der Waals surface area contributed by atoms with Crippen molar-refractivity contribution in [3.8, 4) is 28.7 Å². The Kier molecular flexibility index (Phi) is 7.26. The number of esters is 1. The van der Waals surface area contributed by atoms with E-state index in [2.05, 4.69) is 5.32 Å². The molecule has 3 aromatic rings. The predicted octanol–water partition coefficient (Wildman–Crippen LogP) is 4.85. The summed E-state index contributed by atoms with van der Waals surface area (Å²) in [6, 6.07) is 15.5. The van der Waals surface area contributed by atoms with Crippen molar-refractivity contribution in [1.82, 2.24) is 0 Å². The van der Waals surface area contributed by atoms with Crippen LogP contribution in [0.4, 0.5) is 5.00 Å². The minimum Gasteiger partial charge on any atom is -0.507 e. The first-order valence-corrected chi connectivity index (χ1v) is 10.5. The van der Waals surface area contributed by atoms with Crippen LogP contribution in [0.2, 0.25) is 0 Å². The number of carbonyl (C=O) groups excluding carboxylic acids is 2. The van der Waals surface area contributed by atoms with E-state index in [1.807, 2.05) is 36.4 Å². The number of hydrogen-bond donors (Lipinski definition) is 2. The van der Waals surface area contributed by atoms with E-state index in [4.69, 9.17) is 9.47 Å². The number of carbonyl (C=O) groups is 2. The van der Waals surface area contributed by atoms with Crippen molar-refractivity contribution in [2.24, 2.45) is 0 Å². The molecular formula is C24H20N2O5S. The summed E-state index contributed by atoms with van der Waals surface area (Å²) in [5.74, 6) is -0.944. The zero-order valence-corrected chi connectivity index (χ0v) is 18.2. The lowest BCUT2D eigenvalue weighted by Gasteiger charge is -2.09. The number of rotatable bonds is 7. The highest BCUT2D eigenvalue weighted by molar-refractivity contribution is 7.15. The quantitative estimate of drug-likeness (QED) is 0.304. The summed E-state index contributed by atoms with van der Waals surface area (Å²) in [5, 5.41) is 24.2. The second-order valence-electron chi connectivity index (χ2n) is 6.49. The van der Waals surface area contributed by atoms with Crippen LogP contribution < -0.4 is 10.1 Å². The summed E-state index contributed by atoms with van der Waals surface area (Å²) in [4.78, 5) is 25.5. The Hall–Kier alpha value is -4.09. The summed E-state index contributed by atoms with van der Waals surface area (Å²) < 4.78 is 10.3. The number of methoxy groups -OCH3 is 1. The molecule has 0 spiro atoms. The van der Waals surface area contributed by atoms with Gasteiger partial charge in [0.2, 0.25) is 0 Å². The molecule has 0 atom stereocenters. The summed E-state index contributed by atoms with van der Waals surface area (Å²) in [6.45, 7) is 1.87. The summed E-state index contributed by atoms with van der Waals surface area (Å²) >= 11 is 1.16. The first kappa shape index (κ1) is 22.6.